The molecule has 1 aliphatic rings. The van der Waals surface area contributed by atoms with Crippen LogP contribution in [0.25, 0.3) is 0 Å². The minimum Gasteiger partial charge on any atom is -0.445 e. The topological polar surface area (TPSA) is 58.6 Å². The number of rotatable bonds is 4. The first kappa shape index (κ1) is 11.0. The Labute approximate surface area is 94.2 Å². The van der Waals surface area contributed by atoms with E-state index < -0.39 is 11.7 Å². The summed E-state index contributed by atoms with van der Waals surface area (Å²) in [6.45, 7) is 0.533. The van der Waals surface area contributed by atoms with Crippen LogP contribution in [0, 0.1) is 0 Å². The van der Waals surface area contributed by atoms with Crippen molar-refractivity contribution in [3.05, 3.63) is 35.9 Å². The largest absolute Gasteiger partial charge is 0.445 e. The standard InChI is InChI=1S/C12H15NO3/c14-11(13-9-12(15)6-7-12)16-8-10-4-2-1-3-5-10/h1-5,15H,6-9H2,(H,13,14). The Balaban J connectivity index is 1.68. The van der Waals surface area contributed by atoms with E-state index in [0.717, 1.165) is 18.4 Å². The molecule has 1 fully saturated rings. The quantitative estimate of drug-likeness (QED) is 0.808. The SMILES string of the molecule is O=C(NCC1(O)CC1)OCc1ccccc1. The Bertz CT molecular complexity index is 360. The molecule has 0 heterocycles. The summed E-state index contributed by atoms with van der Waals surface area (Å²) in [4.78, 5) is 11.2. The number of hydrogen-bond donors (Lipinski definition) is 2. The number of carbonyl (C=O) groups is 1. The lowest BCUT2D eigenvalue weighted by Crippen LogP contribution is -2.33. The average Bonchev–Trinajstić information content (AvgIpc) is 3.04. The van der Waals surface area contributed by atoms with Crippen LogP contribution in [0.4, 0.5) is 4.79 Å². The van der Waals surface area contributed by atoms with E-state index in [0.29, 0.717) is 0 Å². The Morgan fingerprint density at radius 1 is 1.38 bits per heavy atom. The second-order valence-electron chi connectivity index (χ2n) is 4.14. The van der Waals surface area contributed by atoms with Gasteiger partial charge < -0.3 is 15.2 Å². The smallest absolute Gasteiger partial charge is 0.407 e. The van der Waals surface area contributed by atoms with E-state index >= 15 is 0 Å². The highest BCUT2D eigenvalue weighted by Gasteiger charge is 2.40. The van der Waals surface area contributed by atoms with Crippen LogP contribution in [0.2, 0.25) is 0 Å². The molecule has 0 aromatic heterocycles. The van der Waals surface area contributed by atoms with E-state index in [1.54, 1.807) is 0 Å². The van der Waals surface area contributed by atoms with Crippen LogP contribution in [0.1, 0.15) is 18.4 Å². The first-order valence-corrected chi connectivity index (χ1v) is 5.35. The normalized spacial score (nSPS) is 16.6. The number of ether oxygens (including phenoxy) is 1. The summed E-state index contributed by atoms with van der Waals surface area (Å²) < 4.78 is 4.99. The van der Waals surface area contributed by atoms with Gasteiger partial charge in [0.1, 0.15) is 6.61 Å². The molecule has 0 unspecified atom stereocenters. The number of nitrogens with one attached hydrogen (secondary N) is 1. The Hall–Kier alpha value is -1.55. The minimum atomic E-state index is -0.675. The highest BCUT2D eigenvalue weighted by Crippen LogP contribution is 2.33. The lowest BCUT2D eigenvalue weighted by Gasteiger charge is -2.09. The summed E-state index contributed by atoms with van der Waals surface area (Å²) in [6, 6.07) is 9.47. The monoisotopic (exact) mass is 221 g/mol. The molecule has 4 nitrogen and oxygen atoms in total. The molecule has 1 aromatic rings. The van der Waals surface area contributed by atoms with Crippen LogP contribution in [-0.4, -0.2) is 23.3 Å². The first-order valence-electron chi connectivity index (χ1n) is 5.35. The van der Waals surface area contributed by atoms with Crippen molar-refractivity contribution in [3.8, 4) is 0 Å². The molecule has 4 heteroatoms. The molecular weight excluding hydrogens is 206 g/mol. The summed E-state index contributed by atoms with van der Waals surface area (Å²) in [5.74, 6) is 0. The zero-order valence-electron chi connectivity index (χ0n) is 8.98. The predicted molar refractivity (Wildman–Crippen MR) is 58.8 cm³/mol. The van der Waals surface area contributed by atoms with E-state index in [4.69, 9.17) is 4.74 Å². The highest BCUT2D eigenvalue weighted by molar-refractivity contribution is 5.67. The molecule has 1 amide bonds. The highest BCUT2D eigenvalue weighted by atomic mass is 16.5. The maximum absolute atomic E-state index is 11.2. The molecular formula is C12H15NO3. The zero-order chi connectivity index (χ0) is 11.4. The van der Waals surface area contributed by atoms with Gasteiger partial charge in [0.2, 0.25) is 0 Å². The van der Waals surface area contributed by atoms with Crippen molar-refractivity contribution in [2.45, 2.75) is 25.0 Å². The molecule has 1 saturated carbocycles. The second kappa shape index (κ2) is 4.53. The number of hydrogen-bond acceptors (Lipinski definition) is 3. The first-order chi connectivity index (χ1) is 7.68. The lowest BCUT2D eigenvalue weighted by atomic mass is 10.2. The molecule has 0 atom stereocenters. The molecule has 1 aromatic carbocycles. The molecule has 16 heavy (non-hydrogen) atoms. The molecule has 86 valence electrons. The molecule has 0 aliphatic heterocycles. The van der Waals surface area contributed by atoms with Crippen molar-refractivity contribution in [3.63, 3.8) is 0 Å². The predicted octanol–water partition coefficient (Wildman–Crippen LogP) is 1.44. The van der Waals surface area contributed by atoms with Crippen LogP contribution in [-0.2, 0) is 11.3 Å². The van der Waals surface area contributed by atoms with Gasteiger partial charge in [-0.25, -0.2) is 4.79 Å². The van der Waals surface area contributed by atoms with Gasteiger partial charge in [-0.1, -0.05) is 30.3 Å². The lowest BCUT2D eigenvalue weighted by molar-refractivity contribution is 0.117. The van der Waals surface area contributed by atoms with Gasteiger partial charge in [0.25, 0.3) is 0 Å². The van der Waals surface area contributed by atoms with E-state index in [1.807, 2.05) is 30.3 Å². The van der Waals surface area contributed by atoms with Gasteiger partial charge in [-0.2, -0.15) is 0 Å². The van der Waals surface area contributed by atoms with Gasteiger partial charge in [0, 0.05) is 6.54 Å². The second-order valence-corrected chi connectivity index (χ2v) is 4.14. The summed E-state index contributed by atoms with van der Waals surface area (Å²) in [6.07, 6.45) is 1.03. The van der Waals surface area contributed by atoms with Crippen LogP contribution in [0.15, 0.2) is 30.3 Å². The van der Waals surface area contributed by atoms with Crippen molar-refractivity contribution in [2.75, 3.05) is 6.54 Å². The third-order valence-electron chi connectivity index (χ3n) is 2.60. The van der Waals surface area contributed by atoms with Gasteiger partial charge in [-0.05, 0) is 18.4 Å². The van der Waals surface area contributed by atoms with Crippen LogP contribution in [0.5, 0.6) is 0 Å². The Kier molecular flexibility index (Phi) is 3.10. The van der Waals surface area contributed by atoms with Crippen molar-refractivity contribution < 1.29 is 14.6 Å². The summed E-state index contributed by atoms with van der Waals surface area (Å²) >= 11 is 0. The molecule has 0 bridgehead atoms. The molecule has 0 saturated heterocycles. The van der Waals surface area contributed by atoms with E-state index in [1.165, 1.54) is 0 Å². The maximum Gasteiger partial charge on any atom is 0.407 e. The number of benzene rings is 1. The number of alkyl carbamates (subject to hydrolysis) is 1. The maximum atomic E-state index is 11.2. The Morgan fingerprint density at radius 2 is 2.06 bits per heavy atom. The van der Waals surface area contributed by atoms with Crippen molar-refractivity contribution in [1.82, 2.24) is 5.32 Å². The third-order valence-corrected chi connectivity index (χ3v) is 2.60. The van der Waals surface area contributed by atoms with Crippen LogP contribution in [0.3, 0.4) is 0 Å². The average molecular weight is 221 g/mol. The summed E-state index contributed by atoms with van der Waals surface area (Å²) in [7, 11) is 0. The van der Waals surface area contributed by atoms with Crippen LogP contribution < -0.4 is 5.32 Å². The molecule has 2 N–H and O–H groups in total. The number of aliphatic hydroxyl groups is 1. The minimum absolute atomic E-state index is 0.255. The summed E-state index contributed by atoms with van der Waals surface area (Å²) in [5.41, 5.74) is 0.272. The third kappa shape index (κ3) is 3.24. The van der Waals surface area contributed by atoms with E-state index in [-0.39, 0.29) is 13.2 Å². The van der Waals surface area contributed by atoms with Gasteiger partial charge in [-0.3, -0.25) is 0 Å². The molecule has 2 rings (SSSR count). The van der Waals surface area contributed by atoms with Gasteiger partial charge >= 0.3 is 6.09 Å². The van der Waals surface area contributed by atoms with Crippen molar-refractivity contribution in [2.24, 2.45) is 0 Å². The van der Waals surface area contributed by atoms with E-state index in [2.05, 4.69) is 5.32 Å². The fourth-order valence-electron chi connectivity index (χ4n) is 1.33. The number of amides is 1. The zero-order valence-corrected chi connectivity index (χ0v) is 8.98. The summed E-state index contributed by atoms with van der Waals surface area (Å²) in [5, 5.41) is 12.0. The van der Waals surface area contributed by atoms with Gasteiger partial charge in [-0.15, -0.1) is 0 Å². The van der Waals surface area contributed by atoms with Gasteiger partial charge in [0.15, 0.2) is 0 Å². The molecule has 0 spiro atoms. The van der Waals surface area contributed by atoms with Crippen molar-refractivity contribution in [1.29, 1.82) is 0 Å². The fourth-order valence-corrected chi connectivity index (χ4v) is 1.33. The van der Waals surface area contributed by atoms with Crippen LogP contribution >= 0.6 is 0 Å². The van der Waals surface area contributed by atoms with E-state index in [9.17, 15) is 9.90 Å². The molecule has 0 radical (unpaired) electrons. The van der Waals surface area contributed by atoms with Gasteiger partial charge in [0.05, 0.1) is 5.60 Å². The molecule has 1 aliphatic carbocycles. The van der Waals surface area contributed by atoms with Crippen molar-refractivity contribution >= 4 is 6.09 Å². The Morgan fingerprint density at radius 3 is 2.69 bits per heavy atom. The number of carbonyl (C=O) groups excluding carboxylic acids is 1. The fraction of sp³-hybridized carbons (Fsp3) is 0.417.